The Labute approximate surface area is 104 Å². The third-order valence-corrected chi connectivity index (χ3v) is 2.97. The highest BCUT2D eigenvalue weighted by Crippen LogP contribution is 2.25. The highest BCUT2D eigenvalue weighted by molar-refractivity contribution is 7.89. The number of ether oxygens (including phenoxy) is 1. The molecule has 0 fully saturated rings. The molecule has 0 aliphatic rings. The normalized spacial score (nSPS) is 11.0. The molecule has 0 saturated heterocycles. The maximum absolute atomic E-state index is 13.4. The lowest BCUT2D eigenvalue weighted by Crippen LogP contribution is -2.15. The number of hydrogen-bond donors (Lipinski definition) is 1. The molecule has 0 aliphatic carbocycles. The van der Waals surface area contributed by atoms with Gasteiger partial charge in [-0.05, 0) is 18.6 Å². The molecular weight excluding hydrogens is 264 g/mol. The van der Waals surface area contributed by atoms with E-state index in [0.717, 1.165) is 12.1 Å². The lowest BCUT2D eigenvalue weighted by Gasteiger charge is -2.08. The summed E-state index contributed by atoms with van der Waals surface area (Å²) in [6.07, 6.45) is 5.93. The van der Waals surface area contributed by atoms with Crippen LogP contribution in [0.2, 0.25) is 0 Å². The van der Waals surface area contributed by atoms with Crippen molar-refractivity contribution in [1.82, 2.24) is 0 Å². The molecule has 1 aromatic rings. The first-order chi connectivity index (χ1) is 8.38. The molecule has 0 unspecified atom stereocenters. The zero-order valence-corrected chi connectivity index (χ0v) is 10.1. The Morgan fingerprint density at radius 1 is 1.33 bits per heavy atom. The van der Waals surface area contributed by atoms with Gasteiger partial charge in [0.05, 0.1) is 6.61 Å². The van der Waals surface area contributed by atoms with Gasteiger partial charge in [-0.15, -0.1) is 12.3 Å². The highest BCUT2D eigenvalue weighted by Gasteiger charge is 2.21. The minimum atomic E-state index is -4.30. The summed E-state index contributed by atoms with van der Waals surface area (Å²) in [5.74, 6) is -0.948. The van der Waals surface area contributed by atoms with Crippen LogP contribution in [0.4, 0.5) is 8.78 Å². The fourth-order valence-electron chi connectivity index (χ4n) is 1.20. The Hall–Kier alpha value is -1.65. The van der Waals surface area contributed by atoms with E-state index >= 15 is 0 Å². The van der Waals surface area contributed by atoms with Crippen molar-refractivity contribution in [2.75, 3.05) is 6.61 Å². The van der Waals surface area contributed by atoms with Crippen molar-refractivity contribution in [2.24, 2.45) is 5.14 Å². The van der Waals surface area contributed by atoms with Crippen LogP contribution >= 0.6 is 0 Å². The monoisotopic (exact) mass is 275 g/mol. The van der Waals surface area contributed by atoms with Crippen LogP contribution in [0, 0.1) is 24.0 Å². The molecule has 0 bridgehead atoms. The Balaban J connectivity index is 2.92. The van der Waals surface area contributed by atoms with Crippen molar-refractivity contribution in [3.8, 4) is 18.1 Å². The molecule has 0 atom stereocenters. The van der Waals surface area contributed by atoms with E-state index in [1.54, 1.807) is 0 Å². The van der Waals surface area contributed by atoms with E-state index in [-0.39, 0.29) is 12.4 Å². The van der Waals surface area contributed by atoms with Crippen LogP contribution in [-0.4, -0.2) is 15.0 Å². The number of hydrogen-bond acceptors (Lipinski definition) is 3. The number of halogens is 2. The summed E-state index contributed by atoms with van der Waals surface area (Å²) in [5.41, 5.74) is 0. The summed E-state index contributed by atoms with van der Waals surface area (Å²) in [5, 5.41) is 4.72. The topological polar surface area (TPSA) is 69.4 Å². The van der Waals surface area contributed by atoms with E-state index in [2.05, 4.69) is 5.92 Å². The quantitative estimate of drug-likeness (QED) is 0.652. The number of terminal acetylenes is 1. The third-order valence-electron chi connectivity index (χ3n) is 2.04. The highest BCUT2D eigenvalue weighted by atomic mass is 32.2. The van der Waals surface area contributed by atoms with Crippen molar-refractivity contribution in [1.29, 1.82) is 0 Å². The third kappa shape index (κ3) is 3.42. The zero-order valence-electron chi connectivity index (χ0n) is 9.32. The molecule has 0 radical (unpaired) electrons. The Kier molecular flexibility index (Phi) is 4.64. The maximum atomic E-state index is 13.4. The largest absolute Gasteiger partial charge is 0.490 e. The van der Waals surface area contributed by atoms with Crippen LogP contribution < -0.4 is 9.88 Å². The van der Waals surface area contributed by atoms with Gasteiger partial charge >= 0.3 is 0 Å². The first-order valence-electron chi connectivity index (χ1n) is 4.95. The van der Waals surface area contributed by atoms with Gasteiger partial charge in [0, 0.05) is 6.42 Å². The van der Waals surface area contributed by atoms with Gasteiger partial charge in [0.25, 0.3) is 0 Å². The molecule has 0 saturated carbocycles. The minimum absolute atomic E-state index is 0.106. The predicted molar refractivity (Wildman–Crippen MR) is 61.3 cm³/mol. The predicted octanol–water partition coefficient (Wildman–Crippen LogP) is 1.40. The lowest BCUT2D eigenvalue weighted by atomic mass is 10.3. The second-order valence-electron chi connectivity index (χ2n) is 3.39. The molecule has 2 N–H and O–H groups in total. The van der Waals surface area contributed by atoms with Crippen molar-refractivity contribution in [2.45, 2.75) is 17.7 Å². The number of primary sulfonamides is 1. The standard InChI is InChI=1S/C11H11F2NO3S/c1-2-3-4-7-17-8-5-6-9(18(14,15)16)11(13)10(8)12/h1,5-6H,3-4,7H2,(H2,14,15,16). The molecule has 0 aliphatic heterocycles. The van der Waals surface area contributed by atoms with Crippen LogP contribution in [-0.2, 0) is 10.0 Å². The van der Waals surface area contributed by atoms with Crippen molar-refractivity contribution >= 4 is 10.0 Å². The van der Waals surface area contributed by atoms with Gasteiger partial charge in [-0.25, -0.2) is 17.9 Å². The fourth-order valence-corrected chi connectivity index (χ4v) is 1.80. The number of nitrogens with two attached hydrogens (primary N) is 1. The SMILES string of the molecule is C#CCCCOc1ccc(S(N)(=O)=O)c(F)c1F. The summed E-state index contributed by atoms with van der Waals surface area (Å²) in [6, 6.07) is 1.86. The summed E-state index contributed by atoms with van der Waals surface area (Å²) < 4.78 is 53.6. The molecule has 1 rings (SSSR count). The smallest absolute Gasteiger partial charge is 0.241 e. The fraction of sp³-hybridized carbons (Fsp3) is 0.273. The first kappa shape index (κ1) is 14.4. The summed E-state index contributed by atoms with van der Waals surface area (Å²) in [7, 11) is -4.30. The molecular formula is C11H11F2NO3S. The van der Waals surface area contributed by atoms with Gasteiger partial charge < -0.3 is 4.74 Å². The van der Waals surface area contributed by atoms with Crippen LogP contribution in [0.3, 0.4) is 0 Å². The average molecular weight is 275 g/mol. The Morgan fingerprint density at radius 3 is 2.56 bits per heavy atom. The van der Waals surface area contributed by atoms with Crippen molar-refractivity contribution < 1.29 is 21.9 Å². The molecule has 0 heterocycles. The van der Waals surface area contributed by atoms with E-state index in [1.807, 2.05) is 0 Å². The van der Waals surface area contributed by atoms with Crippen molar-refractivity contribution in [3.63, 3.8) is 0 Å². The van der Waals surface area contributed by atoms with E-state index < -0.39 is 26.6 Å². The second kappa shape index (κ2) is 5.80. The number of unbranched alkanes of at least 4 members (excludes halogenated alkanes) is 1. The van der Waals surface area contributed by atoms with Gasteiger partial charge in [-0.1, -0.05) is 0 Å². The molecule has 7 heteroatoms. The van der Waals surface area contributed by atoms with E-state index in [4.69, 9.17) is 16.3 Å². The lowest BCUT2D eigenvalue weighted by molar-refractivity contribution is 0.290. The number of rotatable bonds is 5. The molecule has 0 aromatic heterocycles. The summed E-state index contributed by atoms with van der Waals surface area (Å²) in [4.78, 5) is -0.907. The van der Waals surface area contributed by atoms with E-state index in [0.29, 0.717) is 12.8 Å². The molecule has 4 nitrogen and oxygen atoms in total. The van der Waals surface area contributed by atoms with Gasteiger partial charge in [0.15, 0.2) is 11.6 Å². The Morgan fingerprint density at radius 2 is 2.00 bits per heavy atom. The average Bonchev–Trinajstić information content (AvgIpc) is 2.28. The maximum Gasteiger partial charge on any atom is 0.241 e. The van der Waals surface area contributed by atoms with Crippen molar-refractivity contribution in [3.05, 3.63) is 23.8 Å². The minimum Gasteiger partial charge on any atom is -0.490 e. The number of sulfonamides is 1. The first-order valence-corrected chi connectivity index (χ1v) is 6.49. The summed E-state index contributed by atoms with van der Waals surface area (Å²) >= 11 is 0. The van der Waals surface area contributed by atoms with Gasteiger partial charge in [0.2, 0.25) is 15.8 Å². The van der Waals surface area contributed by atoms with Gasteiger partial charge in [-0.3, -0.25) is 0 Å². The molecule has 0 spiro atoms. The van der Waals surface area contributed by atoms with Gasteiger partial charge in [-0.2, -0.15) is 4.39 Å². The second-order valence-corrected chi connectivity index (χ2v) is 4.92. The van der Waals surface area contributed by atoms with Crippen LogP contribution in [0.5, 0.6) is 5.75 Å². The van der Waals surface area contributed by atoms with Crippen LogP contribution in [0.1, 0.15) is 12.8 Å². The van der Waals surface area contributed by atoms with Crippen LogP contribution in [0.15, 0.2) is 17.0 Å². The molecule has 98 valence electrons. The van der Waals surface area contributed by atoms with E-state index in [9.17, 15) is 17.2 Å². The van der Waals surface area contributed by atoms with Crippen LogP contribution in [0.25, 0.3) is 0 Å². The zero-order chi connectivity index (χ0) is 13.8. The van der Waals surface area contributed by atoms with E-state index in [1.165, 1.54) is 0 Å². The summed E-state index contributed by atoms with van der Waals surface area (Å²) in [6.45, 7) is 0.106. The van der Waals surface area contributed by atoms with Gasteiger partial charge in [0.1, 0.15) is 4.90 Å². The molecule has 0 amide bonds. The molecule has 1 aromatic carbocycles. The number of benzene rings is 1. The Bertz CT molecular complexity index is 579. The molecule has 18 heavy (non-hydrogen) atoms.